The molecule has 2 aliphatic rings. The zero-order valence-corrected chi connectivity index (χ0v) is 19.0. The van der Waals surface area contributed by atoms with Crippen LogP contribution in [-0.4, -0.2) is 61.2 Å². The fourth-order valence-corrected chi connectivity index (χ4v) is 5.65. The van der Waals surface area contributed by atoms with Crippen LogP contribution in [0.2, 0.25) is 0 Å². The summed E-state index contributed by atoms with van der Waals surface area (Å²) in [5.41, 5.74) is 1.01. The van der Waals surface area contributed by atoms with Gasteiger partial charge < -0.3 is 10.2 Å². The Kier molecular flexibility index (Phi) is 7.18. The molecule has 2 heterocycles. The van der Waals surface area contributed by atoms with Gasteiger partial charge in [-0.2, -0.15) is 4.31 Å². The second kappa shape index (κ2) is 9.47. The maximum absolute atomic E-state index is 13.1. The van der Waals surface area contributed by atoms with Crippen molar-refractivity contribution >= 4 is 21.8 Å². The second-order valence-electron chi connectivity index (χ2n) is 8.50. The average Bonchev–Trinajstić information content (AvgIpc) is 3.23. The molecule has 2 aliphatic heterocycles. The number of rotatable bonds is 6. The van der Waals surface area contributed by atoms with Crippen LogP contribution in [0.3, 0.4) is 0 Å². The smallest absolute Gasteiger partial charge is 0.243 e. The Hall–Kier alpha value is -1.93. The van der Waals surface area contributed by atoms with Crippen molar-refractivity contribution in [2.45, 2.75) is 69.9 Å². The summed E-state index contributed by atoms with van der Waals surface area (Å²) in [6, 6.07) is 6.53. The summed E-state index contributed by atoms with van der Waals surface area (Å²) in [5.74, 6) is -0.315. The molecule has 30 heavy (non-hydrogen) atoms. The topological polar surface area (TPSA) is 86.8 Å². The molecular formula is C22H33N3O4S. The van der Waals surface area contributed by atoms with Crippen LogP contribution in [-0.2, 0) is 19.6 Å². The zero-order valence-electron chi connectivity index (χ0n) is 18.1. The van der Waals surface area contributed by atoms with Crippen molar-refractivity contribution in [3.05, 3.63) is 29.8 Å². The third kappa shape index (κ3) is 4.86. The molecule has 0 spiro atoms. The summed E-state index contributed by atoms with van der Waals surface area (Å²) in [7, 11) is -3.54. The molecule has 0 aliphatic carbocycles. The number of likely N-dealkylation sites (tertiary alicyclic amines) is 1. The molecule has 2 amide bonds. The number of piperidine rings is 1. The third-order valence-electron chi connectivity index (χ3n) is 6.30. The summed E-state index contributed by atoms with van der Waals surface area (Å²) < 4.78 is 27.2. The molecule has 0 radical (unpaired) electrons. The number of carbonyl (C=O) groups is 2. The Morgan fingerprint density at radius 2 is 1.73 bits per heavy atom. The van der Waals surface area contributed by atoms with Gasteiger partial charge >= 0.3 is 0 Å². The summed E-state index contributed by atoms with van der Waals surface area (Å²) in [5, 5.41) is 2.99. The van der Waals surface area contributed by atoms with Crippen LogP contribution >= 0.6 is 0 Å². The lowest BCUT2D eigenvalue weighted by atomic mass is 9.96. The molecule has 7 nitrogen and oxygen atoms in total. The fourth-order valence-electron chi connectivity index (χ4n) is 4.18. The Morgan fingerprint density at radius 1 is 1.10 bits per heavy atom. The summed E-state index contributed by atoms with van der Waals surface area (Å²) >= 11 is 0. The number of nitrogens with zero attached hydrogens (tertiary/aromatic N) is 2. The number of amides is 2. The average molecular weight is 436 g/mol. The minimum Gasteiger partial charge on any atom is -0.352 e. The first kappa shape index (κ1) is 22.7. The zero-order chi connectivity index (χ0) is 21.9. The highest BCUT2D eigenvalue weighted by Crippen LogP contribution is 2.28. The Morgan fingerprint density at radius 3 is 2.33 bits per heavy atom. The predicted molar refractivity (Wildman–Crippen MR) is 115 cm³/mol. The number of carbonyl (C=O) groups excluding carboxylic acids is 2. The maximum atomic E-state index is 13.1. The summed E-state index contributed by atoms with van der Waals surface area (Å²) in [6.45, 7) is 7.14. The molecule has 166 valence electrons. The lowest BCUT2D eigenvalue weighted by Gasteiger charge is -2.34. The van der Waals surface area contributed by atoms with E-state index in [1.165, 1.54) is 4.31 Å². The SMILES string of the molecule is CC[C@@H](C)NC(=O)[C@@H]1CCCN1C(=O)C1CCN(S(=O)(=O)c2ccc(C)cc2)CC1. The van der Waals surface area contributed by atoms with Crippen molar-refractivity contribution in [1.82, 2.24) is 14.5 Å². The van der Waals surface area contributed by atoms with E-state index in [1.807, 2.05) is 20.8 Å². The molecule has 0 unspecified atom stereocenters. The van der Waals surface area contributed by atoms with Crippen LogP contribution in [0.5, 0.6) is 0 Å². The standard InChI is InChI=1S/C22H33N3O4S/c1-4-17(3)23-21(26)20-6-5-13-25(20)22(27)18-11-14-24(15-12-18)30(28,29)19-9-7-16(2)8-10-19/h7-10,17-18,20H,4-6,11-15H2,1-3H3,(H,23,26)/t17-,20+/m1/s1. The minimum absolute atomic E-state index is 0.0100. The molecule has 2 fully saturated rings. The van der Waals surface area contributed by atoms with Crippen LogP contribution in [0.15, 0.2) is 29.2 Å². The molecule has 0 saturated carbocycles. The van der Waals surface area contributed by atoms with Gasteiger partial charge in [0.15, 0.2) is 0 Å². The largest absolute Gasteiger partial charge is 0.352 e. The van der Waals surface area contributed by atoms with Crippen LogP contribution in [0.25, 0.3) is 0 Å². The Balaban J connectivity index is 1.61. The van der Waals surface area contributed by atoms with Crippen LogP contribution < -0.4 is 5.32 Å². The van der Waals surface area contributed by atoms with E-state index in [2.05, 4.69) is 5.32 Å². The number of aryl methyl sites for hydroxylation is 1. The van der Waals surface area contributed by atoms with E-state index in [9.17, 15) is 18.0 Å². The lowest BCUT2D eigenvalue weighted by Crippen LogP contribution is -2.51. The predicted octanol–water partition coefficient (Wildman–Crippen LogP) is 2.30. The molecule has 2 saturated heterocycles. The molecule has 1 aromatic rings. The van der Waals surface area contributed by atoms with Crippen molar-refractivity contribution in [3.8, 4) is 0 Å². The number of benzene rings is 1. The third-order valence-corrected chi connectivity index (χ3v) is 8.21. The minimum atomic E-state index is -3.54. The van der Waals surface area contributed by atoms with Gasteiger partial charge in [0.25, 0.3) is 0 Å². The van der Waals surface area contributed by atoms with Gasteiger partial charge in [0, 0.05) is 31.6 Å². The highest BCUT2D eigenvalue weighted by atomic mass is 32.2. The van der Waals surface area contributed by atoms with E-state index >= 15 is 0 Å². The van der Waals surface area contributed by atoms with Gasteiger partial charge in [0.05, 0.1) is 4.90 Å². The molecule has 1 N–H and O–H groups in total. The number of nitrogens with one attached hydrogen (secondary N) is 1. The quantitative estimate of drug-likeness (QED) is 0.743. The van der Waals surface area contributed by atoms with Crippen molar-refractivity contribution in [1.29, 1.82) is 0 Å². The number of hydrogen-bond acceptors (Lipinski definition) is 4. The van der Waals surface area contributed by atoms with Gasteiger partial charge in [0.2, 0.25) is 21.8 Å². The van der Waals surface area contributed by atoms with Crippen LogP contribution in [0, 0.1) is 12.8 Å². The van der Waals surface area contributed by atoms with E-state index in [0.29, 0.717) is 43.8 Å². The van der Waals surface area contributed by atoms with Gasteiger partial charge in [-0.15, -0.1) is 0 Å². The van der Waals surface area contributed by atoms with E-state index < -0.39 is 16.1 Å². The van der Waals surface area contributed by atoms with Crippen molar-refractivity contribution in [2.24, 2.45) is 5.92 Å². The first-order valence-electron chi connectivity index (χ1n) is 10.9. The summed E-state index contributed by atoms with van der Waals surface area (Å²) in [6.07, 6.45) is 3.33. The second-order valence-corrected chi connectivity index (χ2v) is 10.4. The summed E-state index contributed by atoms with van der Waals surface area (Å²) in [4.78, 5) is 27.7. The Bertz CT molecular complexity index is 861. The lowest BCUT2D eigenvalue weighted by molar-refractivity contribution is -0.142. The first-order chi connectivity index (χ1) is 14.2. The van der Waals surface area contributed by atoms with E-state index in [-0.39, 0.29) is 23.8 Å². The van der Waals surface area contributed by atoms with Gasteiger partial charge in [-0.05, 0) is 58.1 Å². The van der Waals surface area contributed by atoms with Gasteiger partial charge in [0.1, 0.15) is 6.04 Å². The van der Waals surface area contributed by atoms with E-state index in [4.69, 9.17) is 0 Å². The van der Waals surface area contributed by atoms with Crippen LogP contribution in [0.1, 0.15) is 51.5 Å². The molecule has 0 bridgehead atoms. The normalized spacial score (nSPS) is 22.1. The number of sulfonamides is 1. The van der Waals surface area contributed by atoms with Crippen molar-refractivity contribution < 1.29 is 18.0 Å². The molecule has 3 rings (SSSR count). The van der Waals surface area contributed by atoms with E-state index in [0.717, 1.165) is 18.4 Å². The van der Waals surface area contributed by atoms with E-state index in [1.54, 1.807) is 29.2 Å². The monoisotopic (exact) mass is 435 g/mol. The van der Waals surface area contributed by atoms with Gasteiger partial charge in [-0.25, -0.2) is 8.42 Å². The molecule has 8 heteroatoms. The molecule has 1 aromatic carbocycles. The maximum Gasteiger partial charge on any atom is 0.243 e. The van der Waals surface area contributed by atoms with Gasteiger partial charge in [-0.3, -0.25) is 9.59 Å². The molecular weight excluding hydrogens is 402 g/mol. The molecule has 0 aromatic heterocycles. The Labute approximate surface area is 179 Å². The first-order valence-corrected chi connectivity index (χ1v) is 12.4. The fraction of sp³-hybridized carbons (Fsp3) is 0.636. The highest BCUT2D eigenvalue weighted by Gasteiger charge is 2.39. The molecule has 2 atom stereocenters. The van der Waals surface area contributed by atoms with Crippen molar-refractivity contribution in [3.63, 3.8) is 0 Å². The highest BCUT2D eigenvalue weighted by molar-refractivity contribution is 7.89. The van der Waals surface area contributed by atoms with Crippen LogP contribution in [0.4, 0.5) is 0 Å². The number of hydrogen-bond donors (Lipinski definition) is 1. The van der Waals surface area contributed by atoms with Gasteiger partial charge in [-0.1, -0.05) is 24.6 Å². The van der Waals surface area contributed by atoms with Crippen molar-refractivity contribution in [2.75, 3.05) is 19.6 Å².